The molecule has 3 rings (SSSR count). The van der Waals surface area contributed by atoms with E-state index in [1.807, 2.05) is 60.4 Å². The molecular weight excluding hydrogens is 308 g/mol. The molecule has 2 aromatic rings. The first-order valence-electron chi connectivity index (χ1n) is 7.42. The van der Waals surface area contributed by atoms with Gasteiger partial charge in [0.15, 0.2) is 0 Å². The van der Waals surface area contributed by atoms with Gasteiger partial charge in [-0.15, -0.1) is 11.8 Å². The highest BCUT2D eigenvalue weighted by atomic mass is 32.2. The fourth-order valence-electron chi connectivity index (χ4n) is 2.66. The van der Waals surface area contributed by atoms with Crippen LogP contribution in [0.3, 0.4) is 0 Å². The summed E-state index contributed by atoms with van der Waals surface area (Å²) in [7, 11) is 0. The smallest absolute Gasteiger partial charge is 0.238 e. The van der Waals surface area contributed by atoms with Crippen molar-refractivity contribution in [2.45, 2.75) is 19.2 Å². The molecule has 1 heterocycles. The molecule has 1 saturated heterocycles. The molecule has 0 bridgehead atoms. The fraction of sp³-hybridized carbons (Fsp3) is 0.222. The number of thioether (sulfide) groups is 1. The lowest BCUT2D eigenvalue weighted by molar-refractivity contribution is -0.116. The second kappa shape index (κ2) is 6.46. The molecular formula is C18H18N2O2S. The van der Waals surface area contributed by atoms with Crippen LogP contribution in [-0.4, -0.2) is 17.6 Å². The van der Waals surface area contributed by atoms with Crippen LogP contribution in [0.15, 0.2) is 48.5 Å². The highest BCUT2D eigenvalue weighted by molar-refractivity contribution is 8.00. The lowest BCUT2D eigenvalue weighted by atomic mass is 10.1. The summed E-state index contributed by atoms with van der Waals surface area (Å²) < 4.78 is 0. The van der Waals surface area contributed by atoms with E-state index < -0.39 is 0 Å². The number of rotatable bonds is 3. The first-order valence-corrected chi connectivity index (χ1v) is 8.47. The number of carbonyl (C=O) groups excluding carboxylic acids is 2. The quantitative estimate of drug-likeness (QED) is 0.935. The minimum atomic E-state index is -0.0930. The Morgan fingerprint density at radius 2 is 1.96 bits per heavy atom. The number of amides is 2. The Bertz CT molecular complexity index is 743. The van der Waals surface area contributed by atoms with Crippen LogP contribution in [0, 0.1) is 6.92 Å². The van der Waals surface area contributed by atoms with Gasteiger partial charge in [0.25, 0.3) is 0 Å². The van der Waals surface area contributed by atoms with Crippen LogP contribution in [0.5, 0.6) is 0 Å². The Labute approximate surface area is 139 Å². The van der Waals surface area contributed by atoms with Gasteiger partial charge in [-0.05, 0) is 42.3 Å². The number of nitrogens with zero attached hydrogens (tertiary/aromatic N) is 1. The van der Waals surface area contributed by atoms with E-state index in [-0.39, 0.29) is 17.2 Å². The molecule has 118 valence electrons. The largest absolute Gasteiger partial charge is 0.326 e. The second-order valence-corrected chi connectivity index (χ2v) is 6.64. The van der Waals surface area contributed by atoms with Crippen molar-refractivity contribution in [1.29, 1.82) is 0 Å². The minimum absolute atomic E-state index is 0.0318. The molecule has 0 radical (unpaired) electrons. The summed E-state index contributed by atoms with van der Waals surface area (Å²) in [5.74, 6) is 0.507. The van der Waals surface area contributed by atoms with Crippen LogP contribution < -0.4 is 10.2 Å². The Morgan fingerprint density at radius 1 is 1.22 bits per heavy atom. The summed E-state index contributed by atoms with van der Waals surface area (Å²) in [6, 6.07) is 15.7. The van der Waals surface area contributed by atoms with Gasteiger partial charge in [0, 0.05) is 18.3 Å². The molecule has 0 spiro atoms. The van der Waals surface area contributed by atoms with E-state index in [0.717, 1.165) is 22.5 Å². The third-order valence-electron chi connectivity index (χ3n) is 3.66. The van der Waals surface area contributed by atoms with Gasteiger partial charge < -0.3 is 5.32 Å². The maximum atomic E-state index is 12.3. The van der Waals surface area contributed by atoms with Crippen molar-refractivity contribution in [2.75, 3.05) is 16.0 Å². The third kappa shape index (κ3) is 3.40. The summed E-state index contributed by atoms with van der Waals surface area (Å²) in [6.45, 7) is 3.51. The van der Waals surface area contributed by atoms with Crippen LogP contribution in [0.4, 0.5) is 11.4 Å². The van der Waals surface area contributed by atoms with Gasteiger partial charge in [0.1, 0.15) is 5.37 Å². The number of carbonyl (C=O) groups is 2. The summed E-state index contributed by atoms with van der Waals surface area (Å²) in [5, 5.41) is 2.72. The SMILES string of the molecule is CC(=O)Nc1ccc([C@H]2SCC(=O)N2c2cccc(C)c2)cc1. The summed E-state index contributed by atoms with van der Waals surface area (Å²) in [6.07, 6.45) is 0. The molecule has 1 N–H and O–H groups in total. The molecule has 2 amide bonds. The summed E-state index contributed by atoms with van der Waals surface area (Å²) in [5.41, 5.74) is 3.87. The molecule has 0 aromatic heterocycles. The van der Waals surface area contributed by atoms with Gasteiger partial charge in [-0.25, -0.2) is 0 Å². The Kier molecular flexibility index (Phi) is 4.39. The van der Waals surface area contributed by atoms with Gasteiger partial charge in [-0.1, -0.05) is 24.3 Å². The van der Waals surface area contributed by atoms with E-state index in [1.165, 1.54) is 6.92 Å². The van der Waals surface area contributed by atoms with E-state index in [0.29, 0.717) is 5.75 Å². The fourth-order valence-corrected chi connectivity index (χ4v) is 3.84. The van der Waals surface area contributed by atoms with Gasteiger partial charge in [0.2, 0.25) is 11.8 Å². The third-order valence-corrected chi connectivity index (χ3v) is 4.88. The van der Waals surface area contributed by atoms with E-state index in [4.69, 9.17) is 0 Å². The van der Waals surface area contributed by atoms with Crippen LogP contribution in [0.25, 0.3) is 0 Å². The van der Waals surface area contributed by atoms with Gasteiger partial charge >= 0.3 is 0 Å². The van der Waals surface area contributed by atoms with Crippen molar-refractivity contribution in [1.82, 2.24) is 0 Å². The second-order valence-electron chi connectivity index (χ2n) is 5.57. The number of benzene rings is 2. The first-order chi connectivity index (χ1) is 11.0. The highest BCUT2D eigenvalue weighted by Crippen LogP contribution is 2.42. The highest BCUT2D eigenvalue weighted by Gasteiger charge is 2.33. The van der Waals surface area contributed by atoms with Crippen LogP contribution in [-0.2, 0) is 9.59 Å². The predicted octanol–water partition coefficient (Wildman–Crippen LogP) is 3.73. The molecule has 1 aliphatic rings. The topological polar surface area (TPSA) is 49.4 Å². The molecule has 4 nitrogen and oxygen atoms in total. The zero-order valence-corrected chi connectivity index (χ0v) is 13.9. The van der Waals surface area contributed by atoms with Crippen LogP contribution in [0.1, 0.15) is 23.4 Å². The summed E-state index contributed by atoms with van der Waals surface area (Å²) in [4.78, 5) is 25.3. The molecule has 0 unspecified atom stereocenters. The van der Waals surface area contributed by atoms with Crippen molar-refractivity contribution in [2.24, 2.45) is 0 Å². The molecule has 1 fully saturated rings. The zero-order chi connectivity index (χ0) is 16.4. The maximum absolute atomic E-state index is 12.3. The molecule has 0 aliphatic carbocycles. The van der Waals surface area contributed by atoms with E-state index in [1.54, 1.807) is 11.8 Å². The predicted molar refractivity (Wildman–Crippen MR) is 94.6 cm³/mol. The van der Waals surface area contributed by atoms with Gasteiger partial charge in [0.05, 0.1) is 5.75 Å². The number of nitrogens with one attached hydrogen (secondary N) is 1. The Balaban J connectivity index is 1.88. The van der Waals surface area contributed by atoms with E-state index in [2.05, 4.69) is 5.32 Å². The normalized spacial score (nSPS) is 17.4. The van der Waals surface area contributed by atoms with E-state index in [9.17, 15) is 9.59 Å². The first kappa shape index (κ1) is 15.6. The zero-order valence-electron chi connectivity index (χ0n) is 13.1. The minimum Gasteiger partial charge on any atom is -0.326 e. The number of hydrogen-bond donors (Lipinski definition) is 1. The van der Waals surface area contributed by atoms with Crippen LogP contribution >= 0.6 is 11.8 Å². The molecule has 23 heavy (non-hydrogen) atoms. The monoisotopic (exact) mass is 326 g/mol. The van der Waals surface area contributed by atoms with Gasteiger partial charge in [-0.3, -0.25) is 14.5 Å². The van der Waals surface area contributed by atoms with Crippen molar-refractivity contribution in [3.8, 4) is 0 Å². The number of aryl methyl sites for hydroxylation is 1. The molecule has 5 heteroatoms. The lowest BCUT2D eigenvalue weighted by Gasteiger charge is -2.24. The number of anilines is 2. The van der Waals surface area contributed by atoms with Crippen molar-refractivity contribution < 1.29 is 9.59 Å². The van der Waals surface area contributed by atoms with Crippen molar-refractivity contribution >= 4 is 35.0 Å². The maximum Gasteiger partial charge on any atom is 0.238 e. The van der Waals surface area contributed by atoms with Gasteiger partial charge in [-0.2, -0.15) is 0 Å². The molecule has 2 aromatic carbocycles. The van der Waals surface area contributed by atoms with Crippen LogP contribution in [0.2, 0.25) is 0 Å². The van der Waals surface area contributed by atoms with Crippen molar-refractivity contribution in [3.63, 3.8) is 0 Å². The standard InChI is InChI=1S/C18H18N2O2S/c1-12-4-3-5-16(10-12)20-17(22)11-23-18(20)14-6-8-15(9-7-14)19-13(2)21/h3-10,18H,11H2,1-2H3,(H,19,21)/t18-/m1/s1. The lowest BCUT2D eigenvalue weighted by Crippen LogP contribution is -2.27. The summed E-state index contributed by atoms with van der Waals surface area (Å²) >= 11 is 1.62. The van der Waals surface area contributed by atoms with Crippen molar-refractivity contribution in [3.05, 3.63) is 59.7 Å². The number of hydrogen-bond acceptors (Lipinski definition) is 3. The Morgan fingerprint density at radius 3 is 2.61 bits per heavy atom. The average Bonchev–Trinajstić information content (AvgIpc) is 2.89. The average molecular weight is 326 g/mol. The van der Waals surface area contributed by atoms with E-state index >= 15 is 0 Å². The molecule has 0 saturated carbocycles. The Hall–Kier alpha value is -2.27. The molecule has 1 aliphatic heterocycles. The molecule has 1 atom stereocenters.